The average Bonchev–Trinajstić information content (AvgIpc) is 3.47. The van der Waals surface area contributed by atoms with Gasteiger partial charge in [-0.15, -0.1) is 10.2 Å². The van der Waals surface area contributed by atoms with Crippen molar-refractivity contribution in [3.63, 3.8) is 0 Å². The number of carbonyl (C=O) groups excluding carboxylic acids is 4. The highest BCUT2D eigenvalue weighted by Gasteiger charge is 2.24. The van der Waals surface area contributed by atoms with Crippen LogP contribution >= 0.6 is 0 Å². The van der Waals surface area contributed by atoms with Crippen LogP contribution in [-0.4, -0.2) is 47.1 Å². The lowest BCUT2D eigenvalue weighted by molar-refractivity contribution is 0.101. The number of amides is 4. The first-order chi connectivity index (χ1) is 37.9. The number of azo groups is 2. The number of hydrogen-bond acceptors (Lipinski definition) is 12. The van der Waals surface area contributed by atoms with E-state index in [9.17, 15) is 29.4 Å². The first-order valence-electron chi connectivity index (χ1n) is 25.3. The zero-order valence-electron chi connectivity index (χ0n) is 43.1. The van der Waals surface area contributed by atoms with Gasteiger partial charge in [0.2, 0.25) is 0 Å². The number of nitrogens with zero attached hydrogens (tertiary/aromatic N) is 4. The van der Waals surface area contributed by atoms with Gasteiger partial charge in [0.05, 0.1) is 35.7 Å². The van der Waals surface area contributed by atoms with Crippen molar-refractivity contribution in [1.82, 2.24) is 0 Å². The van der Waals surface area contributed by atoms with Gasteiger partial charge in [0, 0.05) is 56.8 Å². The van der Waals surface area contributed by atoms with Crippen LogP contribution in [0.15, 0.2) is 190 Å². The normalized spacial score (nSPS) is 11.2. The Morgan fingerprint density at radius 1 is 0.423 bits per heavy atom. The molecule has 78 heavy (non-hydrogen) atoms. The predicted molar refractivity (Wildman–Crippen MR) is 305 cm³/mol. The van der Waals surface area contributed by atoms with Crippen molar-refractivity contribution < 1.29 is 38.9 Å². The Labute approximate surface area is 449 Å². The molecule has 4 amide bonds. The Morgan fingerprint density at radius 3 is 1.24 bits per heavy atom. The fourth-order valence-electron chi connectivity index (χ4n) is 8.83. The van der Waals surface area contributed by atoms with Crippen LogP contribution in [0.25, 0.3) is 21.5 Å². The highest BCUT2D eigenvalue weighted by molar-refractivity contribution is 6.14. The third kappa shape index (κ3) is 12.0. The van der Waals surface area contributed by atoms with Crippen LogP contribution < -0.4 is 30.7 Å². The van der Waals surface area contributed by atoms with Crippen LogP contribution in [-0.2, 0) is 12.8 Å². The van der Waals surface area contributed by atoms with Gasteiger partial charge in [0.1, 0.15) is 22.9 Å². The summed E-state index contributed by atoms with van der Waals surface area (Å²) in [6, 6.07) is 48.5. The van der Waals surface area contributed by atoms with Gasteiger partial charge >= 0.3 is 0 Å². The van der Waals surface area contributed by atoms with Crippen molar-refractivity contribution in [2.24, 2.45) is 20.5 Å². The third-order valence-electron chi connectivity index (χ3n) is 12.6. The maximum atomic E-state index is 14.4. The van der Waals surface area contributed by atoms with Gasteiger partial charge in [-0.1, -0.05) is 98.8 Å². The van der Waals surface area contributed by atoms with E-state index in [0.29, 0.717) is 93.0 Å². The van der Waals surface area contributed by atoms with Crippen molar-refractivity contribution >= 4 is 90.7 Å². The minimum atomic E-state index is -0.632. The lowest BCUT2D eigenvalue weighted by atomic mass is 9.99. The first-order valence-corrected chi connectivity index (χ1v) is 25.3. The lowest BCUT2D eigenvalue weighted by Gasteiger charge is -2.18. The molecule has 6 N–H and O–H groups in total. The van der Waals surface area contributed by atoms with Crippen LogP contribution in [0.4, 0.5) is 45.5 Å². The van der Waals surface area contributed by atoms with Gasteiger partial charge in [0.15, 0.2) is 11.5 Å². The van der Waals surface area contributed by atoms with Crippen LogP contribution in [0, 0.1) is 0 Å². The van der Waals surface area contributed by atoms with Gasteiger partial charge in [-0.05, 0) is 121 Å². The van der Waals surface area contributed by atoms with Gasteiger partial charge in [-0.3, -0.25) is 19.2 Å². The molecule has 0 bridgehead atoms. The summed E-state index contributed by atoms with van der Waals surface area (Å²) in [4.78, 5) is 55.4. The van der Waals surface area contributed by atoms with E-state index < -0.39 is 23.3 Å². The van der Waals surface area contributed by atoms with Crippen molar-refractivity contribution in [2.75, 3.05) is 34.5 Å². The summed E-state index contributed by atoms with van der Waals surface area (Å²) in [5.41, 5.74) is 4.51. The molecule has 0 saturated heterocycles. The lowest BCUT2D eigenvalue weighted by Crippen LogP contribution is -2.17. The van der Waals surface area contributed by atoms with E-state index in [-0.39, 0.29) is 56.8 Å². The standard InChI is InChI=1S/C62H54N8O8/c1-5-37-27-45(65-61(75)52-33-39-19-15-17-25-50(39)55(57(52)71)69-67-46-29-41(31-48(35-46)77-7-3)59(73)63-43-21-11-9-12-22-43)28-38(6-2)54(37)66-62(76)53-34-40-20-16-18-26-51(40)56(58(53)72)70-68-47-30-42(32-49(36-47)78-8-4)60(74)64-44-23-13-10-14-24-44/h9-36,71-72H,5-8H2,1-4H3,(H,63,73)(H,64,74)(H,65,75)(H,66,76). The minimum Gasteiger partial charge on any atom is -0.505 e. The number of hydrogen-bond donors (Lipinski definition) is 6. The molecule has 0 radical (unpaired) electrons. The van der Waals surface area contributed by atoms with Crippen molar-refractivity contribution in [3.05, 3.63) is 203 Å². The number of aromatic hydroxyl groups is 2. The molecule has 16 heteroatoms. The quantitative estimate of drug-likeness (QED) is 0.0452. The first kappa shape index (κ1) is 52.6. The number of ether oxygens (including phenoxy) is 2. The molecule has 0 atom stereocenters. The molecule has 0 aliphatic rings. The second-order valence-electron chi connectivity index (χ2n) is 17.8. The smallest absolute Gasteiger partial charge is 0.259 e. The van der Waals surface area contributed by atoms with Crippen molar-refractivity contribution in [2.45, 2.75) is 40.5 Å². The second-order valence-corrected chi connectivity index (χ2v) is 17.8. The number of rotatable bonds is 18. The fourth-order valence-corrected chi connectivity index (χ4v) is 8.83. The Balaban J connectivity index is 0.985. The molecule has 0 unspecified atom stereocenters. The molecule has 0 heterocycles. The van der Waals surface area contributed by atoms with E-state index >= 15 is 0 Å². The number of phenolic OH excluding ortho intramolecular Hbond substituents is 2. The maximum absolute atomic E-state index is 14.4. The Hall–Kier alpha value is -10.2. The Kier molecular flexibility index (Phi) is 16.2. The molecule has 390 valence electrons. The molecule has 0 aromatic heterocycles. The van der Waals surface area contributed by atoms with Gasteiger partial charge in [0.25, 0.3) is 23.6 Å². The number of fused-ring (bicyclic) bond motifs is 2. The van der Waals surface area contributed by atoms with E-state index in [1.54, 1.807) is 133 Å². The van der Waals surface area contributed by atoms with E-state index in [0.717, 1.165) is 0 Å². The molecule has 0 saturated carbocycles. The molecule has 0 aliphatic carbocycles. The summed E-state index contributed by atoms with van der Waals surface area (Å²) in [5.74, 6) is -2.08. The number of anilines is 4. The molecule has 9 aromatic carbocycles. The molecule has 9 aromatic rings. The maximum Gasteiger partial charge on any atom is 0.259 e. The fraction of sp³-hybridized carbons (Fsp3) is 0.129. The third-order valence-corrected chi connectivity index (χ3v) is 12.6. The van der Waals surface area contributed by atoms with E-state index in [1.165, 1.54) is 0 Å². The number of benzene rings is 9. The van der Waals surface area contributed by atoms with Crippen LogP contribution in [0.5, 0.6) is 23.0 Å². The summed E-state index contributed by atoms with van der Waals surface area (Å²) in [7, 11) is 0. The summed E-state index contributed by atoms with van der Waals surface area (Å²) >= 11 is 0. The van der Waals surface area contributed by atoms with Crippen molar-refractivity contribution in [3.8, 4) is 23.0 Å². The minimum absolute atomic E-state index is 0.0342. The van der Waals surface area contributed by atoms with Crippen LogP contribution in [0.1, 0.15) is 80.3 Å². The molecule has 16 nitrogen and oxygen atoms in total. The summed E-state index contributed by atoms with van der Waals surface area (Å²) in [6.07, 6.45) is 0.876. The van der Waals surface area contributed by atoms with Gasteiger partial charge < -0.3 is 41.0 Å². The molecule has 0 spiro atoms. The zero-order chi connectivity index (χ0) is 54.7. The van der Waals surface area contributed by atoms with Crippen LogP contribution in [0.3, 0.4) is 0 Å². The largest absolute Gasteiger partial charge is 0.505 e. The molecule has 0 aliphatic heterocycles. The summed E-state index contributed by atoms with van der Waals surface area (Å²) < 4.78 is 11.5. The summed E-state index contributed by atoms with van der Waals surface area (Å²) in [5, 5.41) is 55.5. The summed E-state index contributed by atoms with van der Waals surface area (Å²) in [6.45, 7) is 8.13. The Bertz CT molecular complexity index is 3780. The molecule has 9 rings (SSSR count). The highest BCUT2D eigenvalue weighted by atomic mass is 16.5. The zero-order valence-corrected chi connectivity index (χ0v) is 43.1. The Morgan fingerprint density at radius 2 is 0.821 bits per heavy atom. The van der Waals surface area contributed by atoms with Crippen LogP contribution in [0.2, 0.25) is 0 Å². The topological polar surface area (TPSA) is 225 Å². The molecular formula is C62H54N8O8. The number of nitrogens with one attached hydrogen (secondary N) is 4. The van der Waals surface area contributed by atoms with E-state index in [2.05, 4.69) is 41.7 Å². The van der Waals surface area contributed by atoms with Gasteiger partial charge in [-0.2, -0.15) is 10.2 Å². The van der Waals surface area contributed by atoms with Crippen molar-refractivity contribution in [1.29, 1.82) is 0 Å². The number of aryl methyl sites for hydroxylation is 2. The SMILES string of the molecule is CCOc1cc(N=Nc2c(O)c(C(=O)Nc3cc(CC)c(NC(=O)c4cc5ccccc5c(N=Nc5cc(OCC)cc(C(=O)Nc6ccccc6)c5)c4O)c(CC)c3)cc3ccccc23)cc(C(=O)Nc2ccccc2)c1. The highest BCUT2D eigenvalue weighted by Crippen LogP contribution is 2.42. The van der Waals surface area contributed by atoms with E-state index in [4.69, 9.17) is 9.47 Å². The average molecular weight is 1040 g/mol. The number of para-hydroxylation sites is 2. The second kappa shape index (κ2) is 24.0. The monoisotopic (exact) mass is 1040 g/mol. The van der Waals surface area contributed by atoms with E-state index in [1.807, 2.05) is 64.1 Å². The predicted octanol–water partition coefficient (Wildman–Crippen LogP) is 15.2. The van der Waals surface area contributed by atoms with Gasteiger partial charge in [-0.25, -0.2) is 0 Å². The number of carbonyl (C=O) groups is 4. The molecular weight excluding hydrogens is 985 g/mol. The number of phenols is 2. The molecule has 0 fully saturated rings.